The largest absolute Gasteiger partial charge is 0.726 e. The lowest BCUT2D eigenvalue weighted by Crippen LogP contribution is -2.50. The van der Waals surface area contributed by atoms with Crippen LogP contribution in [0.2, 0.25) is 0 Å². The minimum absolute atomic E-state index is 0.295. The van der Waals surface area contributed by atoms with E-state index in [4.69, 9.17) is 4.74 Å². The number of ether oxygens (including phenoxy) is 1. The summed E-state index contributed by atoms with van der Waals surface area (Å²) < 4.78 is 69.0. The topological polar surface area (TPSA) is 159 Å². The maximum absolute atomic E-state index is 11.2. The van der Waals surface area contributed by atoms with E-state index in [0.717, 1.165) is 42.8 Å². The first-order valence-electron chi connectivity index (χ1n) is 8.14. The van der Waals surface area contributed by atoms with Crippen LogP contribution in [0.4, 0.5) is 0 Å². The highest BCUT2D eigenvalue weighted by Gasteiger charge is 2.20. The average Bonchev–Trinajstić information content (AvgIpc) is 2.52. The number of carbonyl (C=O) groups excluding carboxylic acids is 1. The Kier molecular flexibility index (Phi) is 15.7. The lowest BCUT2D eigenvalue weighted by molar-refractivity contribution is -0.937. The Morgan fingerprint density at radius 1 is 0.862 bits per heavy atom. The molecular formula is C15H34N2O10S2. The van der Waals surface area contributed by atoms with Gasteiger partial charge in [-0.1, -0.05) is 6.58 Å². The second-order valence-corrected chi connectivity index (χ2v) is 9.76. The second kappa shape index (κ2) is 14.0. The van der Waals surface area contributed by atoms with Crippen LogP contribution < -0.4 is 0 Å². The molecule has 176 valence electrons. The standard InChI is InChI=1S/C13H28N2O2.2CH4O4S/c1-12(2)13(16)17-11-10-15(6,7)9-8-14(3,4)5;2*1-5-6(2,3)4/h1,8-11H2,2-7H3;2*1H3,(H,2,3,4)/q+2;;/p-2. The zero-order valence-electron chi connectivity index (χ0n) is 18.3. The molecule has 0 aromatic heterocycles. The SMILES string of the molecule is C=C(C)C(=O)OCC[N+](C)(C)CC[N+](C)(C)C.COS(=O)(=O)[O-].COS(=O)(=O)[O-]. The van der Waals surface area contributed by atoms with Gasteiger partial charge in [-0.3, -0.25) is 8.37 Å². The van der Waals surface area contributed by atoms with E-state index in [2.05, 4.69) is 50.2 Å². The van der Waals surface area contributed by atoms with E-state index in [1.54, 1.807) is 6.92 Å². The molecule has 0 rings (SSSR count). The molecule has 0 fully saturated rings. The third kappa shape index (κ3) is 31.8. The Morgan fingerprint density at radius 2 is 1.21 bits per heavy atom. The number of nitrogens with zero attached hydrogens (tertiary/aromatic N) is 2. The lowest BCUT2D eigenvalue weighted by atomic mass is 10.3. The molecule has 0 unspecified atom stereocenters. The molecule has 12 nitrogen and oxygen atoms in total. The van der Waals surface area contributed by atoms with Gasteiger partial charge in [0.1, 0.15) is 26.2 Å². The number of hydrogen-bond acceptors (Lipinski definition) is 10. The normalized spacial score (nSPS) is 12.1. The zero-order chi connectivity index (χ0) is 24.1. The lowest BCUT2D eigenvalue weighted by Gasteiger charge is -2.33. The molecule has 0 aromatic rings. The summed E-state index contributed by atoms with van der Waals surface area (Å²) in [6, 6.07) is 0. The molecule has 0 aromatic carbocycles. The first-order valence-corrected chi connectivity index (χ1v) is 10.8. The molecule has 0 saturated carbocycles. The summed E-state index contributed by atoms with van der Waals surface area (Å²) in [6.45, 7) is 8.67. The summed E-state index contributed by atoms with van der Waals surface area (Å²) in [5.41, 5.74) is 0.460. The van der Waals surface area contributed by atoms with Crippen LogP contribution in [0, 0.1) is 0 Å². The minimum atomic E-state index is -4.41. The smallest absolute Gasteiger partial charge is 0.333 e. The number of rotatable bonds is 9. The van der Waals surface area contributed by atoms with Crippen LogP contribution in [-0.4, -0.2) is 117 Å². The average molecular weight is 467 g/mol. The fraction of sp³-hybridized carbons (Fsp3) is 0.800. The molecule has 0 radical (unpaired) electrons. The maximum atomic E-state index is 11.2. The van der Waals surface area contributed by atoms with Crippen LogP contribution in [0.5, 0.6) is 0 Å². The quantitative estimate of drug-likeness (QED) is 0.137. The minimum Gasteiger partial charge on any atom is -0.726 e. The van der Waals surface area contributed by atoms with Gasteiger partial charge in [0, 0.05) is 5.57 Å². The van der Waals surface area contributed by atoms with Gasteiger partial charge in [-0.15, -0.1) is 0 Å². The van der Waals surface area contributed by atoms with Gasteiger partial charge >= 0.3 is 5.97 Å². The van der Waals surface area contributed by atoms with Crippen LogP contribution in [0.15, 0.2) is 12.2 Å². The number of likely N-dealkylation sites (N-methyl/N-ethyl adjacent to an activating group) is 2. The molecule has 0 N–H and O–H groups in total. The van der Waals surface area contributed by atoms with E-state index in [9.17, 15) is 30.7 Å². The monoisotopic (exact) mass is 466 g/mol. The molecule has 0 amide bonds. The van der Waals surface area contributed by atoms with E-state index in [-0.39, 0.29) is 5.97 Å². The van der Waals surface area contributed by atoms with Crippen molar-refractivity contribution in [1.29, 1.82) is 0 Å². The van der Waals surface area contributed by atoms with Crippen molar-refractivity contribution in [1.82, 2.24) is 0 Å². The third-order valence-corrected chi connectivity index (χ3v) is 3.88. The molecule has 0 atom stereocenters. The van der Waals surface area contributed by atoms with E-state index >= 15 is 0 Å². The summed E-state index contributed by atoms with van der Waals surface area (Å²) >= 11 is 0. The fourth-order valence-corrected chi connectivity index (χ4v) is 1.19. The van der Waals surface area contributed by atoms with Gasteiger partial charge in [0.15, 0.2) is 0 Å². The summed E-state index contributed by atoms with van der Waals surface area (Å²) in [5.74, 6) is -0.295. The number of carbonyl (C=O) groups is 1. The van der Waals surface area contributed by atoms with Gasteiger partial charge in [-0.05, 0) is 6.92 Å². The van der Waals surface area contributed by atoms with E-state index in [0.29, 0.717) is 12.2 Å². The molecule has 0 spiro atoms. The maximum Gasteiger partial charge on any atom is 0.333 e. The molecule has 14 heteroatoms. The Labute approximate surface area is 174 Å². The Hall–Kier alpha value is -1.13. The predicted octanol–water partition coefficient (Wildman–Crippen LogP) is -0.926. The van der Waals surface area contributed by atoms with Crippen LogP contribution >= 0.6 is 0 Å². The molecule has 0 bridgehead atoms. The predicted molar refractivity (Wildman–Crippen MR) is 104 cm³/mol. The number of quaternary nitrogens is 2. The van der Waals surface area contributed by atoms with Crippen LogP contribution in [-0.2, 0) is 38.7 Å². The van der Waals surface area contributed by atoms with Gasteiger partial charge in [-0.2, -0.15) is 0 Å². The molecule has 0 aliphatic heterocycles. The highest BCUT2D eigenvalue weighted by atomic mass is 32.3. The highest BCUT2D eigenvalue weighted by Crippen LogP contribution is 2.01. The molecule has 0 heterocycles. The van der Waals surface area contributed by atoms with Crippen molar-refractivity contribution < 1.29 is 52.8 Å². The van der Waals surface area contributed by atoms with Crippen molar-refractivity contribution in [2.75, 3.05) is 75.7 Å². The number of esters is 1. The van der Waals surface area contributed by atoms with Crippen molar-refractivity contribution in [3.63, 3.8) is 0 Å². The Balaban J connectivity index is -0.000000460. The van der Waals surface area contributed by atoms with Crippen LogP contribution in [0.25, 0.3) is 0 Å². The van der Waals surface area contributed by atoms with E-state index < -0.39 is 20.8 Å². The summed E-state index contributed by atoms with van der Waals surface area (Å²) in [7, 11) is 3.65. The van der Waals surface area contributed by atoms with Crippen LogP contribution in [0.3, 0.4) is 0 Å². The molecule has 0 aliphatic carbocycles. The molecule has 0 saturated heterocycles. The van der Waals surface area contributed by atoms with E-state index in [1.165, 1.54) is 0 Å². The van der Waals surface area contributed by atoms with Gasteiger partial charge in [0.2, 0.25) is 20.8 Å². The fourth-order valence-electron chi connectivity index (χ4n) is 1.19. The van der Waals surface area contributed by atoms with Crippen molar-refractivity contribution >= 4 is 26.8 Å². The van der Waals surface area contributed by atoms with Crippen molar-refractivity contribution in [3.05, 3.63) is 12.2 Å². The molecular weight excluding hydrogens is 432 g/mol. The first kappa shape index (κ1) is 32.5. The summed E-state index contributed by atoms with van der Waals surface area (Å²) in [5, 5.41) is 0. The number of hydrogen-bond donors (Lipinski definition) is 0. The van der Waals surface area contributed by atoms with E-state index in [1.807, 2.05) is 0 Å². The Morgan fingerprint density at radius 3 is 1.45 bits per heavy atom. The van der Waals surface area contributed by atoms with Gasteiger partial charge in [-0.25, -0.2) is 21.6 Å². The Bertz CT molecular complexity index is 663. The molecule has 29 heavy (non-hydrogen) atoms. The highest BCUT2D eigenvalue weighted by molar-refractivity contribution is 7.81. The van der Waals surface area contributed by atoms with Crippen molar-refractivity contribution in [3.8, 4) is 0 Å². The van der Waals surface area contributed by atoms with Gasteiger partial charge in [0.05, 0.1) is 49.5 Å². The first-order chi connectivity index (χ1) is 12.7. The molecule has 0 aliphatic rings. The van der Waals surface area contributed by atoms with Crippen LogP contribution in [0.1, 0.15) is 6.92 Å². The van der Waals surface area contributed by atoms with Crippen molar-refractivity contribution in [2.45, 2.75) is 6.92 Å². The second-order valence-electron chi connectivity index (χ2n) is 7.46. The van der Waals surface area contributed by atoms with Crippen molar-refractivity contribution in [2.24, 2.45) is 0 Å². The van der Waals surface area contributed by atoms with Gasteiger partial charge < -0.3 is 22.8 Å². The third-order valence-electron chi connectivity index (χ3n) is 3.06. The summed E-state index contributed by atoms with van der Waals surface area (Å²) in [6.07, 6.45) is 0. The van der Waals surface area contributed by atoms with Gasteiger partial charge in [0.25, 0.3) is 0 Å². The summed E-state index contributed by atoms with van der Waals surface area (Å²) in [4.78, 5) is 11.2. The zero-order valence-corrected chi connectivity index (χ0v) is 20.0.